The van der Waals surface area contributed by atoms with Gasteiger partial charge in [-0.2, -0.15) is 4.72 Å². The number of nitrogens with zero attached hydrogens (tertiary/aromatic N) is 2. The van der Waals surface area contributed by atoms with Gasteiger partial charge in [0.25, 0.3) is 0 Å². The molecule has 0 saturated carbocycles. The summed E-state index contributed by atoms with van der Waals surface area (Å²) in [6, 6.07) is 12.9. The van der Waals surface area contributed by atoms with Crippen LogP contribution in [0.5, 0.6) is 0 Å². The Morgan fingerprint density at radius 2 is 1.97 bits per heavy atom. The van der Waals surface area contributed by atoms with Crippen LogP contribution in [0.2, 0.25) is 0 Å². The standard InChI is InChI=1S/C23H24N4O4S2/c1-2-21(28)27-12-10-17-15-18(8-9-20(17)27)33(30,31)26-19(14-16-6-4-3-5-7-16)22(29)25-23-24-11-13-32-23/h3-9,11,13,15,19,26H,2,10,12,14H2,1H3,(H,24,25,29)/t19-/m1/s1. The van der Waals surface area contributed by atoms with Crippen molar-refractivity contribution in [1.82, 2.24) is 9.71 Å². The van der Waals surface area contributed by atoms with Gasteiger partial charge in [-0.1, -0.05) is 37.3 Å². The summed E-state index contributed by atoms with van der Waals surface area (Å²) in [5.41, 5.74) is 2.36. The van der Waals surface area contributed by atoms with Crippen molar-refractivity contribution in [2.45, 2.75) is 37.1 Å². The highest BCUT2D eigenvalue weighted by Crippen LogP contribution is 2.30. The molecule has 4 rings (SSSR count). The normalized spacial score (nSPS) is 14.0. The Morgan fingerprint density at radius 1 is 1.18 bits per heavy atom. The lowest BCUT2D eigenvalue weighted by molar-refractivity contribution is -0.118. The lowest BCUT2D eigenvalue weighted by Gasteiger charge is -2.19. The van der Waals surface area contributed by atoms with E-state index in [1.165, 1.54) is 17.4 Å². The lowest BCUT2D eigenvalue weighted by Crippen LogP contribution is -2.45. The maximum Gasteiger partial charge on any atom is 0.244 e. The third-order valence-electron chi connectivity index (χ3n) is 5.42. The molecule has 172 valence electrons. The first-order valence-corrected chi connectivity index (χ1v) is 12.9. The molecule has 2 N–H and O–H groups in total. The molecule has 1 aliphatic heterocycles. The van der Waals surface area contributed by atoms with Crippen LogP contribution >= 0.6 is 11.3 Å². The van der Waals surface area contributed by atoms with Gasteiger partial charge in [-0.3, -0.25) is 9.59 Å². The number of benzene rings is 2. The molecule has 1 atom stereocenters. The van der Waals surface area contributed by atoms with Gasteiger partial charge in [-0.15, -0.1) is 11.3 Å². The van der Waals surface area contributed by atoms with E-state index in [1.54, 1.807) is 35.5 Å². The van der Waals surface area contributed by atoms with Crippen molar-refractivity contribution in [3.05, 3.63) is 71.2 Å². The Labute approximate surface area is 196 Å². The lowest BCUT2D eigenvalue weighted by atomic mass is 10.1. The SMILES string of the molecule is CCC(=O)N1CCc2cc(S(=O)(=O)N[C@H](Cc3ccccc3)C(=O)Nc3nccs3)ccc21. The van der Waals surface area contributed by atoms with Crippen LogP contribution in [0.25, 0.3) is 0 Å². The van der Waals surface area contributed by atoms with Crippen LogP contribution in [0.15, 0.2) is 65.0 Å². The van der Waals surface area contributed by atoms with E-state index in [0.29, 0.717) is 24.5 Å². The predicted molar refractivity (Wildman–Crippen MR) is 128 cm³/mol. The summed E-state index contributed by atoms with van der Waals surface area (Å²) in [5.74, 6) is -0.484. The van der Waals surface area contributed by atoms with Crippen molar-refractivity contribution in [2.75, 3.05) is 16.8 Å². The van der Waals surface area contributed by atoms with Gasteiger partial charge in [-0.05, 0) is 42.2 Å². The molecule has 0 bridgehead atoms. The first-order chi connectivity index (χ1) is 15.9. The van der Waals surface area contributed by atoms with E-state index in [0.717, 1.165) is 16.8 Å². The molecule has 0 aliphatic carbocycles. The van der Waals surface area contributed by atoms with Gasteiger partial charge in [0.1, 0.15) is 6.04 Å². The number of rotatable bonds is 8. The van der Waals surface area contributed by atoms with Gasteiger partial charge in [0.15, 0.2) is 5.13 Å². The highest BCUT2D eigenvalue weighted by Gasteiger charge is 2.29. The highest BCUT2D eigenvalue weighted by atomic mass is 32.2. The van der Waals surface area contributed by atoms with E-state index in [2.05, 4.69) is 15.0 Å². The predicted octanol–water partition coefficient (Wildman–Crippen LogP) is 2.97. The first kappa shape index (κ1) is 23.1. The van der Waals surface area contributed by atoms with E-state index in [9.17, 15) is 18.0 Å². The summed E-state index contributed by atoms with van der Waals surface area (Å²) in [6.07, 6.45) is 2.72. The fourth-order valence-corrected chi connectivity index (χ4v) is 5.54. The van der Waals surface area contributed by atoms with E-state index < -0.39 is 22.0 Å². The largest absolute Gasteiger partial charge is 0.312 e. The molecule has 0 unspecified atom stereocenters. The fourth-order valence-electron chi connectivity index (χ4n) is 3.77. The number of hydrogen-bond donors (Lipinski definition) is 2. The van der Waals surface area contributed by atoms with Crippen LogP contribution in [0.4, 0.5) is 10.8 Å². The van der Waals surface area contributed by atoms with Crippen molar-refractivity contribution in [1.29, 1.82) is 0 Å². The molecule has 10 heteroatoms. The highest BCUT2D eigenvalue weighted by molar-refractivity contribution is 7.89. The fraction of sp³-hybridized carbons (Fsp3) is 0.261. The van der Waals surface area contributed by atoms with Crippen molar-refractivity contribution < 1.29 is 18.0 Å². The third-order valence-corrected chi connectivity index (χ3v) is 7.58. The van der Waals surface area contributed by atoms with E-state index >= 15 is 0 Å². The minimum atomic E-state index is -4.00. The van der Waals surface area contributed by atoms with Gasteiger partial charge < -0.3 is 10.2 Å². The first-order valence-electron chi connectivity index (χ1n) is 10.6. The second-order valence-electron chi connectivity index (χ2n) is 7.63. The number of nitrogens with one attached hydrogen (secondary N) is 2. The number of hydrogen-bond acceptors (Lipinski definition) is 6. The molecule has 0 saturated heterocycles. The second-order valence-corrected chi connectivity index (χ2v) is 10.2. The van der Waals surface area contributed by atoms with Gasteiger partial charge in [0.05, 0.1) is 4.90 Å². The third kappa shape index (κ3) is 5.29. The molecule has 1 aliphatic rings. The minimum absolute atomic E-state index is 0.00395. The molecular weight excluding hydrogens is 460 g/mol. The molecular formula is C23H24N4O4S2. The maximum atomic E-state index is 13.2. The number of sulfonamides is 1. The summed E-state index contributed by atoms with van der Waals surface area (Å²) in [6.45, 7) is 2.33. The summed E-state index contributed by atoms with van der Waals surface area (Å²) in [4.78, 5) is 30.9. The van der Waals surface area contributed by atoms with Gasteiger partial charge in [0, 0.05) is 30.2 Å². The van der Waals surface area contributed by atoms with Gasteiger partial charge >= 0.3 is 0 Å². The smallest absolute Gasteiger partial charge is 0.244 e. The van der Waals surface area contributed by atoms with Crippen molar-refractivity contribution in [3.8, 4) is 0 Å². The summed E-state index contributed by atoms with van der Waals surface area (Å²) in [7, 11) is -4.00. The van der Waals surface area contributed by atoms with Gasteiger partial charge in [-0.25, -0.2) is 13.4 Å². The molecule has 33 heavy (non-hydrogen) atoms. The zero-order valence-corrected chi connectivity index (χ0v) is 19.7. The molecule has 2 heterocycles. The number of anilines is 2. The molecule has 0 radical (unpaired) electrons. The maximum absolute atomic E-state index is 13.2. The van der Waals surface area contributed by atoms with Crippen molar-refractivity contribution in [3.63, 3.8) is 0 Å². The van der Waals surface area contributed by atoms with Crippen LogP contribution < -0.4 is 14.9 Å². The Bertz CT molecular complexity index is 1240. The Balaban J connectivity index is 1.58. The van der Waals surface area contributed by atoms with Crippen LogP contribution in [0.1, 0.15) is 24.5 Å². The average Bonchev–Trinajstić information content (AvgIpc) is 3.48. The van der Waals surface area contributed by atoms with Crippen LogP contribution in [-0.4, -0.2) is 37.8 Å². The number of fused-ring (bicyclic) bond motifs is 1. The molecule has 3 aromatic rings. The van der Waals surface area contributed by atoms with Crippen molar-refractivity contribution >= 4 is 44.0 Å². The monoisotopic (exact) mass is 484 g/mol. The Kier molecular flexibility index (Phi) is 6.87. The number of aromatic nitrogens is 1. The quantitative estimate of drug-likeness (QED) is 0.511. The minimum Gasteiger partial charge on any atom is -0.312 e. The number of thiazole rings is 1. The molecule has 1 aromatic heterocycles. The van der Waals surface area contributed by atoms with Gasteiger partial charge in [0.2, 0.25) is 21.8 Å². The van der Waals surface area contributed by atoms with Crippen LogP contribution in [-0.2, 0) is 32.5 Å². The summed E-state index contributed by atoms with van der Waals surface area (Å²) >= 11 is 1.25. The summed E-state index contributed by atoms with van der Waals surface area (Å²) in [5, 5.41) is 4.80. The zero-order valence-electron chi connectivity index (χ0n) is 18.0. The zero-order chi connectivity index (χ0) is 23.4. The van der Waals surface area contributed by atoms with Crippen LogP contribution in [0, 0.1) is 0 Å². The molecule has 0 fully saturated rings. The molecule has 2 amide bonds. The number of amides is 2. The average molecular weight is 485 g/mol. The number of carbonyl (C=O) groups is 2. The Morgan fingerprint density at radius 3 is 2.67 bits per heavy atom. The topological polar surface area (TPSA) is 108 Å². The molecule has 8 nitrogen and oxygen atoms in total. The van der Waals surface area contributed by atoms with E-state index in [-0.39, 0.29) is 17.2 Å². The van der Waals surface area contributed by atoms with E-state index in [4.69, 9.17) is 0 Å². The molecule has 2 aromatic carbocycles. The van der Waals surface area contributed by atoms with Crippen molar-refractivity contribution in [2.24, 2.45) is 0 Å². The second kappa shape index (κ2) is 9.82. The molecule has 0 spiro atoms. The number of carbonyl (C=O) groups excluding carboxylic acids is 2. The Hall–Kier alpha value is -3.08. The van der Waals surface area contributed by atoms with Crippen LogP contribution in [0.3, 0.4) is 0 Å². The summed E-state index contributed by atoms with van der Waals surface area (Å²) < 4.78 is 29.0. The van der Waals surface area contributed by atoms with E-state index in [1.807, 2.05) is 30.3 Å².